The summed E-state index contributed by atoms with van der Waals surface area (Å²) in [6, 6.07) is -0.164. The van der Waals surface area contributed by atoms with Crippen LogP contribution in [0, 0.1) is 0 Å². The number of hydrogen-bond donors (Lipinski definition) is 2. The number of ether oxygens (including phenoxy) is 1. The maximum Gasteiger partial charge on any atom is 0.279 e. The fourth-order valence-electron chi connectivity index (χ4n) is 1.75. The number of nitrogens with two attached hydrogens (primary N) is 1. The molecule has 0 saturated carbocycles. The second kappa shape index (κ2) is 7.27. The Balaban J connectivity index is 2.50. The van der Waals surface area contributed by atoms with Crippen molar-refractivity contribution in [1.82, 2.24) is 9.03 Å². The molecule has 0 aromatic carbocycles. The van der Waals surface area contributed by atoms with Gasteiger partial charge < -0.3 is 10.5 Å². The molecule has 1 aliphatic heterocycles. The van der Waals surface area contributed by atoms with E-state index in [1.165, 1.54) is 4.31 Å². The van der Waals surface area contributed by atoms with Crippen molar-refractivity contribution in [3.05, 3.63) is 0 Å². The number of nitrogens with zero attached hydrogens (tertiary/aromatic N) is 1. The van der Waals surface area contributed by atoms with Gasteiger partial charge in [0.2, 0.25) is 0 Å². The lowest BCUT2D eigenvalue weighted by atomic mass is 10.1. The van der Waals surface area contributed by atoms with Crippen molar-refractivity contribution in [2.75, 3.05) is 32.8 Å². The average Bonchev–Trinajstić information content (AvgIpc) is 2.35. The smallest absolute Gasteiger partial charge is 0.279 e. The van der Waals surface area contributed by atoms with Crippen molar-refractivity contribution in [1.29, 1.82) is 0 Å². The van der Waals surface area contributed by atoms with Crippen LogP contribution in [0.25, 0.3) is 0 Å². The molecule has 3 N–H and O–H groups in total. The molecule has 0 bridgehead atoms. The van der Waals surface area contributed by atoms with E-state index in [0.717, 1.165) is 19.3 Å². The van der Waals surface area contributed by atoms with Crippen LogP contribution in [-0.4, -0.2) is 51.6 Å². The predicted molar refractivity (Wildman–Crippen MR) is 66.8 cm³/mol. The summed E-state index contributed by atoms with van der Waals surface area (Å²) in [5.74, 6) is 0. The normalized spacial score (nSPS) is 20.4. The molecule has 0 aromatic heterocycles. The Morgan fingerprint density at radius 2 is 2.06 bits per heavy atom. The molecule has 1 atom stereocenters. The maximum absolute atomic E-state index is 12.0. The second-order valence-corrected chi connectivity index (χ2v) is 5.91. The highest BCUT2D eigenvalue weighted by Crippen LogP contribution is 2.06. The lowest BCUT2D eigenvalue weighted by Crippen LogP contribution is -2.51. The minimum atomic E-state index is -3.40. The van der Waals surface area contributed by atoms with Crippen molar-refractivity contribution < 1.29 is 13.2 Å². The molecule has 0 aromatic rings. The van der Waals surface area contributed by atoms with Crippen LogP contribution in [0.3, 0.4) is 0 Å². The van der Waals surface area contributed by atoms with E-state index in [1.54, 1.807) is 0 Å². The average molecular weight is 265 g/mol. The predicted octanol–water partition coefficient (Wildman–Crippen LogP) is -0.329. The summed E-state index contributed by atoms with van der Waals surface area (Å²) < 4.78 is 33.3. The molecule has 102 valence electrons. The van der Waals surface area contributed by atoms with E-state index in [2.05, 4.69) is 11.6 Å². The summed E-state index contributed by atoms with van der Waals surface area (Å²) in [5, 5.41) is 0. The summed E-state index contributed by atoms with van der Waals surface area (Å²) in [6.07, 6.45) is 2.81. The van der Waals surface area contributed by atoms with Gasteiger partial charge in [0.05, 0.1) is 13.2 Å². The van der Waals surface area contributed by atoms with Gasteiger partial charge in [0, 0.05) is 25.7 Å². The molecule has 1 rings (SSSR count). The molecule has 17 heavy (non-hydrogen) atoms. The van der Waals surface area contributed by atoms with Crippen molar-refractivity contribution >= 4 is 10.2 Å². The summed E-state index contributed by atoms with van der Waals surface area (Å²) in [4.78, 5) is 0. The highest BCUT2D eigenvalue weighted by Gasteiger charge is 2.26. The van der Waals surface area contributed by atoms with Gasteiger partial charge in [-0.3, -0.25) is 0 Å². The number of rotatable bonds is 7. The molecule has 1 aliphatic rings. The summed E-state index contributed by atoms with van der Waals surface area (Å²) >= 11 is 0. The lowest BCUT2D eigenvalue weighted by Gasteiger charge is -2.28. The topological polar surface area (TPSA) is 84.7 Å². The largest absolute Gasteiger partial charge is 0.379 e. The molecule has 0 amide bonds. The van der Waals surface area contributed by atoms with Gasteiger partial charge in [-0.15, -0.1) is 0 Å². The molecule has 7 heteroatoms. The monoisotopic (exact) mass is 265 g/mol. The van der Waals surface area contributed by atoms with Crippen LogP contribution in [0.5, 0.6) is 0 Å². The number of nitrogens with one attached hydrogen (secondary N) is 1. The van der Waals surface area contributed by atoms with E-state index in [9.17, 15) is 8.42 Å². The molecule has 0 radical (unpaired) electrons. The van der Waals surface area contributed by atoms with Crippen LogP contribution < -0.4 is 10.5 Å². The van der Waals surface area contributed by atoms with E-state index in [4.69, 9.17) is 10.5 Å². The van der Waals surface area contributed by atoms with Gasteiger partial charge in [-0.1, -0.05) is 19.8 Å². The van der Waals surface area contributed by atoms with Crippen molar-refractivity contribution in [2.24, 2.45) is 5.73 Å². The van der Waals surface area contributed by atoms with Gasteiger partial charge >= 0.3 is 0 Å². The van der Waals surface area contributed by atoms with E-state index in [1.807, 2.05) is 0 Å². The Morgan fingerprint density at radius 1 is 1.41 bits per heavy atom. The third-order valence-corrected chi connectivity index (χ3v) is 4.49. The highest BCUT2D eigenvalue weighted by molar-refractivity contribution is 7.87. The first-order valence-corrected chi connectivity index (χ1v) is 7.59. The summed E-state index contributed by atoms with van der Waals surface area (Å²) in [7, 11) is -3.40. The number of unbranched alkanes of at least 4 members (excludes halogenated alkanes) is 1. The van der Waals surface area contributed by atoms with Crippen molar-refractivity contribution in [3.63, 3.8) is 0 Å². The molecular formula is C10H23N3O3S. The minimum absolute atomic E-state index is 0.164. The third-order valence-electron chi connectivity index (χ3n) is 2.82. The summed E-state index contributed by atoms with van der Waals surface area (Å²) in [6.45, 7) is 4.17. The van der Waals surface area contributed by atoms with Gasteiger partial charge in [-0.2, -0.15) is 17.4 Å². The minimum Gasteiger partial charge on any atom is -0.379 e. The summed E-state index contributed by atoms with van der Waals surface area (Å²) in [5.41, 5.74) is 5.58. The first-order valence-electron chi connectivity index (χ1n) is 6.15. The van der Waals surface area contributed by atoms with Gasteiger partial charge in [0.1, 0.15) is 0 Å². The van der Waals surface area contributed by atoms with Gasteiger partial charge in [-0.05, 0) is 6.42 Å². The fourth-order valence-corrected chi connectivity index (χ4v) is 3.16. The van der Waals surface area contributed by atoms with Gasteiger partial charge in [-0.25, -0.2) is 0 Å². The van der Waals surface area contributed by atoms with Gasteiger partial charge in [0.25, 0.3) is 10.2 Å². The fraction of sp³-hybridized carbons (Fsp3) is 1.00. The van der Waals surface area contributed by atoms with Crippen molar-refractivity contribution in [2.45, 2.75) is 32.2 Å². The molecule has 1 heterocycles. The number of morpholine rings is 1. The van der Waals surface area contributed by atoms with Crippen LogP contribution in [0.4, 0.5) is 0 Å². The van der Waals surface area contributed by atoms with Gasteiger partial charge in [0.15, 0.2) is 0 Å². The zero-order valence-corrected chi connectivity index (χ0v) is 11.2. The molecular weight excluding hydrogens is 242 g/mol. The molecule has 1 fully saturated rings. The van der Waals surface area contributed by atoms with Crippen LogP contribution in [0.2, 0.25) is 0 Å². The van der Waals surface area contributed by atoms with E-state index < -0.39 is 10.2 Å². The van der Waals surface area contributed by atoms with Crippen LogP contribution in [0.1, 0.15) is 26.2 Å². The van der Waals surface area contributed by atoms with E-state index in [0.29, 0.717) is 32.8 Å². The standard InChI is InChI=1S/C10H23N3O3S/c1-2-3-4-10(9-11)12-17(14,15)13-5-7-16-8-6-13/h10,12H,2-9,11H2,1H3. The Bertz CT molecular complexity index is 302. The van der Waals surface area contributed by atoms with Crippen LogP contribution in [0.15, 0.2) is 0 Å². The first kappa shape index (κ1) is 14.8. The lowest BCUT2D eigenvalue weighted by molar-refractivity contribution is 0.0723. The first-order chi connectivity index (χ1) is 8.10. The second-order valence-electron chi connectivity index (χ2n) is 4.21. The Hall–Kier alpha value is -0.210. The zero-order valence-electron chi connectivity index (χ0n) is 10.4. The number of hydrogen-bond acceptors (Lipinski definition) is 4. The molecule has 6 nitrogen and oxygen atoms in total. The SMILES string of the molecule is CCCCC(CN)NS(=O)(=O)N1CCOCC1. The third kappa shape index (κ3) is 4.89. The van der Waals surface area contributed by atoms with E-state index in [-0.39, 0.29) is 6.04 Å². The quantitative estimate of drug-likeness (QED) is 0.660. The van der Waals surface area contributed by atoms with E-state index >= 15 is 0 Å². The Kier molecular flexibility index (Phi) is 6.35. The molecule has 0 spiro atoms. The zero-order chi connectivity index (χ0) is 12.7. The molecule has 1 saturated heterocycles. The molecule has 1 unspecified atom stereocenters. The highest BCUT2D eigenvalue weighted by atomic mass is 32.2. The van der Waals surface area contributed by atoms with Crippen molar-refractivity contribution in [3.8, 4) is 0 Å². The van der Waals surface area contributed by atoms with Crippen LogP contribution >= 0.6 is 0 Å². The molecule has 0 aliphatic carbocycles. The van der Waals surface area contributed by atoms with Crippen LogP contribution in [-0.2, 0) is 14.9 Å². The maximum atomic E-state index is 12.0. The Morgan fingerprint density at radius 3 is 2.59 bits per heavy atom. The Labute approximate surface area is 104 Å².